The molecule has 10 nitrogen and oxygen atoms in total. The Labute approximate surface area is 213 Å². The zero-order chi connectivity index (χ0) is 27.8. The molecule has 0 radical (unpaired) electrons. The van der Waals surface area contributed by atoms with Crippen LogP contribution >= 0.6 is 0 Å². The van der Waals surface area contributed by atoms with Gasteiger partial charge < -0.3 is 26.0 Å². The van der Waals surface area contributed by atoms with Gasteiger partial charge in [-0.3, -0.25) is 14.4 Å². The van der Waals surface area contributed by atoms with Gasteiger partial charge in [-0.15, -0.1) is 0 Å². The Balaban J connectivity index is 3.57. The van der Waals surface area contributed by atoms with Crippen molar-refractivity contribution >= 4 is 23.8 Å². The summed E-state index contributed by atoms with van der Waals surface area (Å²) in [5.74, 6) is -1.86. The minimum Gasteiger partial charge on any atom is -0.444 e. The summed E-state index contributed by atoms with van der Waals surface area (Å²) < 4.78 is 5.28. The van der Waals surface area contributed by atoms with Crippen LogP contribution < -0.4 is 16.4 Å². The molecule has 1 aromatic rings. The zero-order valence-corrected chi connectivity index (χ0v) is 22.5. The molecule has 198 valence electrons. The van der Waals surface area contributed by atoms with E-state index in [0.29, 0.717) is 5.56 Å². The van der Waals surface area contributed by atoms with E-state index in [1.54, 1.807) is 53.7 Å². The average molecular weight is 502 g/mol. The number of nitriles is 1. The topological polar surface area (TPSA) is 155 Å². The van der Waals surface area contributed by atoms with E-state index >= 15 is 0 Å². The maximum absolute atomic E-state index is 13.8. The second-order valence-corrected chi connectivity index (χ2v) is 10.8. The summed E-state index contributed by atoms with van der Waals surface area (Å²) in [7, 11) is 0. The number of benzene rings is 1. The third kappa shape index (κ3) is 9.56. The summed E-state index contributed by atoms with van der Waals surface area (Å²) in [6.07, 6.45) is -1.20. The van der Waals surface area contributed by atoms with E-state index in [9.17, 15) is 24.4 Å². The molecule has 0 heterocycles. The van der Waals surface area contributed by atoms with E-state index in [0.717, 1.165) is 16.0 Å². The molecule has 0 aliphatic heterocycles. The monoisotopic (exact) mass is 501 g/mol. The molecular weight excluding hydrogens is 462 g/mol. The Kier molecular flexibility index (Phi) is 10.5. The van der Waals surface area contributed by atoms with Crippen LogP contribution in [-0.2, 0) is 19.1 Å². The van der Waals surface area contributed by atoms with Gasteiger partial charge in [-0.1, -0.05) is 18.2 Å². The molecule has 1 rings (SSSR count). The summed E-state index contributed by atoms with van der Waals surface area (Å²) in [5, 5.41) is 15.0. The summed E-state index contributed by atoms with van der Waals surface area (Å²) >= 11 is 0. The number of nitrogens with zero attached hydrogens (tertiary/aromatic N) is 2. The van der Waals surface area contributed by atoms with Gasteiger partial charge in [-0.2, -0.15) is 5.26 Å². The summed E-state index contributed by atoms with van der Waals surface area (Å²) in [5.41, 5.74) is 6.08. The van der Waals surface area contributed by atoms with Crippen molar-refractivity contribution in [3.8, 4) is 6.07 Å². The van der Waals surface area contributed by atoms with Gasteiger partial charge in [-0.25, -0.2) is 4.79 Å². The molecule has 0 aromatic heterocycles. The number of alkyl carbamates (subject to hydrolysis) is 1. The Morgan fingerprint density at radius 1 is 1.11 bits per heavy atom. The molecule has 4 N–H and O–H groups in total. The molecule has 2 atom stereocenters. The van der Waals surface area contributed by atoms with E-state index in [-0.39, 0.29) is 12.8 Å². The summed E-state index contributed by atoms with van der Waals surface area (Å²) in [4.78, 5) is 52.4. The van der Waals surface area contributed by atoms with Crippen LogP contribution in [-0.4, -0.2) is 52.4 Å². The normalized spacial score (nSPS) is 13.1. The van der Waals surface area contributed by atoms with Crippen molar-refractivity contribution in [2.24, 2.45) is 5.73 Å². The van der Waals surface area contributed by atoms with Crippen molar-refractivity contribution in [1.82, 2.24) is 15.5 Å². The molecule has 2 unspecified atom stereocenters. The van der Waals surface area contributed by atoms with Crippen LogP contribution in [0.25, 0.3) is 0 Å². The second kappa shape index (κ2) is 12.4. The number of rotatable bonds is 9. The maximum Gasteiger partial charge on any atom is 0.408 e. The predicted octanol–water partition coefficient (Wildman–Crippen LogP) is 2.77. The van der Waals surface area contributed by atoms with Gasteiger partial charge in [0.25, 0.3) is 0 Å². The molecule has 0 fully saturated rings. The number of hydrogen-bond donors (Lipinski definition) is 3. The Bertz CT molecular complexity index is 1020. The molecule has 0 saturated carbocycles. The van der Waals surface area contributed by atoms with Gasteiger partial charge in [0, 0.05) is 12.0 Å². The van der Waals surface area contributed by atoms with Crippen LogP contribution in [0.3, 0.4) is 0 Å². The summed E-state index contributed by atoms with van der Waals surface area (Å²) in [6, 6.07) is 4.92. The fourth-order valence-electron chi connectivity index (χ4n) is 3.53. The van der Waals surface area contributed by atoms with Gasteiger partial charge in [-0.05, 0) is 78.5 Å². The van der Waals surface area contributed by atoms with Gasteiger partial charge in [0.1, 0.15) is 24.2 Å². The lowest BCUT2D eigenvalue weighted by Crippen LogP contribution is -2.55. The van der Waals surface area contributed by atoms with Crippen molar-refractivity contribution < 1.29 is 23.9 Å². The molecule has 0 bridgehead atoms. The number of hydrogen-bond acceptors (Lipinski definition) is 6. The quantitative estimate of drug-likeness (QED) is 0.442. The zero-order valence-electron chi connectivity index (χ0n) is 22.5. The second-order valence-electron chi connectivity index (χ2n) is 10.8. The number of carbonyl (C=O) groups excluding carboxylic acids is 4. The molecule has 1 aromatic carbocycles. The van der Waals surface area contributed by atoms with Crippen LogP contribution in [0.1, 0.15) is 77.1 Å². The molecule has 0 saturated heterocycles. The van der Waals surface area contributed by atoms with Crippen LogP contribution in [0.5, 0.6) is 0 Å². The fourth-order valence-corrected chi connectivity index (χ4v) is 3.53. The lowest BCUT2D eigenvalue weighted by atomic mass is 9.94. The van der Waals surface area contributed by atoms with Crippen molar-refractivity contribution in [1.29, 1.82) is 5.26 Å². The Morgan fingerprint density at radius 2 is 1.72 bits per heavy atom. The van der Waals surface area contributed by atoms with E-state index in [4.69, 9.17) is 10.5 Å². The predicted molar refractivity (Wildman–Crippen MR) is 135 cm³/mol. The Morgan fingerprint density at radius 3 is 2.22 bits per heavy atom. The molecule has 0 aliphatic rings. The van der Waals surface area contributed by atoms with E-state index in [2.05, 4.69) is 10.6 Å². The number of nitrogens with two attached hydrogens (primary N) is 1. The van der Waals surface area contributed by atoms with Gasteiger partial charge in [0.15, 0.2) is 0 Å². The van der Waals surface area contributed by atoms with Gasteiger partial charge in [0.05, 0.1) is 6.07 Å². The standard InChI is InChI=1S/C26H39N5O5/c1-16-10-9-11-18(17(16)2)21(22(33)30-25(3,4)5)31(15-14-27)23(34)19(12-13-20(28)32)29-24(35)36-26(6,7)8/h9-11,19,21H,12-13,15H2,1-8H3,(H2,28,32)(H,29,35)(H,30,33). The first-order chi connectivity index (χ1) is 16.5. The van der Waals surface area contributed by atoms with Crippen LogP contribution in [0, 0.1) is 25.2 Å². The highest BCUT2D eigenvalue weighted by Gasteiger charge is 2.38. The first-order valence-corrected chi connectivity index (χ1v) is 11.8. The van der Waals surface area contributed by atoms with E-state index in [1.807, 2.05) is 26.0 Å². The average Bonchev–Trinajstić information content (AvgIpc) is 2.70. The van der Waals surface area contributed by atoms with Gasteiger partial charge >= 0.3 is 6.09 Å². The molecule has 4 amide bonds. The number of ether oxygens (including phenoxy) is 1. The first kappa shape index (κ1) is 30.4. The fraction of sp³-hybridized carbons (Fsp3) is 0.577. The number of primary amides is 1. The lowest BCUT2D eigenvalue weighted by Gasteiger charge is -2.35. The highest BCUT2D eigenvalue weighted by molar-refractivity contribution is 5.93. The SMILES string of the molecule is Cc1cccc(C(C(=O)NC(C)(C)C)N(CC#N)C(=O)C(CCC(N)=O)NC(=O)OC(C)(C)C)c1C. The van der Waals surface area contributed by atoms with Gasteiger partial charge in [0.2, 0.25) is 17.7 Å². The smallest absolute Gasteiger partial charge is 0.408 e. The van der Waals surface area contributed by atoms with Crippen molar-refractivity contribution in [3.05, 3.63) is 34.9 Å². The van der Waals surface area contributed by atoms with Crippen molar-refractivity contribution in [3.63, 3.8) is 0 Å². The number of amides is 4. The molecule has 36 heavy (non-hydrogen) atoms. The largest absolute Gasteiger partial charge is 0.444 e. The first-order valence-electron chi connectivity index (χ1n) is 11.8. The van der Waals surface area contributed by atoms with Crippen molar-refractivity contribution in [2.75, 3.05) is 6.54 Å². The number of carbonyl (C=O) groups is 4. The van der Waals surface area contributed by atoms with Crippen LogP contribution in [0.15, 0.2) is 18.2 Å². The number of aryl methyl sites for hydroxylation is 1. The highest BCUT2D eigenvalue weighted by Crippen LogP contribution is 2.28. The van der Waals surface area contributed by atoms with E-state index in [1.165, 1.54) is 0 Å². The number of nitrogens with one attached hydrogen (secondary N) is 2. The van der Waals surface area contributed by atoms with Crippen LogP contribution in [0.4, 0.5) is 4.79 Å². The molecule has 0 aliphatic carbocycles. The molecule has 0 spiro atoms. The maximum atomic E-state index is 13.8. The van der Waals surface area contributed by atoms with Crippen LogP contribution in [0.2, 0.25) is 0 Å². The third-order valence-electron chi connectivity index (χ3n) is 5.19. The molecular formula is C26H39N5O5. The molecule has 10 heteroatoms. The van der Waals surface area contributed by atoms with E-state index < -0.39 is 53.6 Å². The van der Waals surface area contributed by atoms with Crippen molar-refractivity contribution in [2.45, 2.75) is 91.5 Å². The lowest BCUT2D eigenvalue weighted by molar-refractivity contribution is -0.142. The summed E-state index contributed by atoms with van der Waals surface area (Å²) in [6.45, 7) is 13.7. The third-order valence-corrected chi connectivity index (χ3v) is 5.19. The minimum absolute atomic E-state index is 0.129. The highest BCUT2D eigenvalue weighted by atomic mass is 16.6. The Hall–Kier alpha value is -3.61. The minimum atomic E-state index is -1.25.